The normalized spacial score (nSPS) is 20.4. The third-order valence-corrected chi connectivity index (χ3v) is 7.00. The smallest absolute Gasteiger partial charge is 0.261 e. The van der Waals surface area contributed by atoms with Crippen LogP contribution in [0.2, 0.25) is 0 Å². The summed E-state index contributed by atoms with van der Waals surface area (Å²) in [5, 5.41) is 8.88. The molecule has 144 valence electrons. The average molecular weight is 404 g/mol. The molecular formula is C20H25N3O2S2. The van der Waals surface area contributed by atoms with Crippen LogP contribution in [0, 0.1) is 11.8 Å². The van der Waals surface area contributed by atoms with Crippen LogP contribution in [0.25, 0.3) is 0 Å². The van der Waals surface area contributed by atoms with Crippen molar-refractivity contribution in [3.8, 4) is 0 Å². The van der Waals surface area contributed by atoms with E-state index in [-0.39, 0.29) is 17.7 Å². The van der Waals surface area contributed by atoms with Crippen molar-refractivity contribution >= 4 is 39.5 Å². The van der Waals surface area contributed by atoms with E-state index in [0.717, 1.165) is 43.9 Å². The zero-order valence-corrected chi connectivity index (χ0v) is 16.9. The quantitative estimate of drug-likeness (QED) is 0.739. The summed E-state index contributed by atoms with van der Waals surface area (Å²) < 4.78 is 0. The van der Waals surface area contributed by atoms with Crippen molar-refractivity contribution in [1.82, 2.24) is 10.2 Å². The first kappa shape index (κ1) is 18.7. The predicted octanol–water partition coefficient (Wildman–Crippen LogP) is 3.80. The fourth-order valence-corrected chi connectivity index (χ4v) is 5.08. The molecule has 4 rings (SSSR count). The average Bonchev–Trinajstić information content (AvgIpc) is 3.21. The van der Waals surface area contributed by atoms with Crippen LogP contribution >= 0.6 is 22.7 Å². The summed E-state index contributed by atoms with van der Waals surface area (Å²) in [5.74, 6) is 0.712. The number of piperidine rings is 1. The zero-order chi connectivity index (χ0) is 18.6. The van der Waals surface area contributed by atoms with Crippen molar-refractivity contribution in [3.05, 3.63) is 39.4 Å². The van der Waals surface area contributed by atoms with Crippen molar-refractivity contribution in [3.63, 3.8) is 0 Å². The van der Waals surface area contributed by atoms with E-state index >= 15 is 0 Å². The molecular weight excluding hydrogens is 378 g/mol. The summed E-state index contributed by atoms with van der Waals surface area (Å²) in [5.41, 5.74) is 0. The Bertz CT molecular complexity index is 783. The molecule has 0 aromatic carbocycles. The molecule has 2 amide bonds. The van der Waals surface area contributed by atoms with Crippen molar-refractivity contribution < 1.29 is 9.59 Å². The molecule has 1 atom stereocenters. The number of carbonyl (C=O) groups excluding carboxylic acids is 2. The number of hydrogen-bond donors (Lipinski definition) is 2. The summed E-state index contributed by atoms with van der Waals surface area (Å²) in [6.45, 7) is 3.89. The van der Waals surface area contributed by atoms with Crippen molar-refractivity contribution in [2.24, 2.45) is 11.8 Å². The van der Waals surface area contributed by atoms with Gasteiger partial charge in [0, 0.05) is 30.4 Å². The topological polar surface area (TPSA) is 61.4 Å². The standard InChI is InChI=1S/C20H25N3O2S2/c24-19(15-5-6-15)22-18-8-7-17(27-18)20(25)21-11-14-3-1-9-23(12-14)13-16-4-2-10-26-16/h2,4,7-8,10,14-15H,1,3,5-6,9,11-13H2,(H,21,25)(H,22,24). The first-order chi connectivity index (χ1) is 13.2. The van der Waals surface area contributed by atoms with Crippen LogP contribution in [0.3, 0.4) is 0 Å². The van der Waals surface area contributed by atoms with Gasteiger partial charge in [0.25, 0.3) is 5.91 Å². The van der Waals surface area contributed by atoms with Crippen molar-refractivity contribution in [2.75, 3.05) is 25.0 Å². The van der Waals surface area contributed by atoms with Gasteiger partial charge in [-0.1, -0.05) is 6.07 Å². The minimum absolute atomic E-state index is 0.0395. The molecule has 5 nitrogen and oxygen atoms in total. The van der Waals surface area contributed by atoms with Gasteiger partial charge in [-0.2, -0.15) is 0 Å². The van der Waals surface area contributed by atoms with Crippen LogP contribution in [0.15, 0.2) is 29.6 Å². The highest BCUT2D eigenvalue weighted by Crippen LogP contribution is 2.31. The van der Waals surface area contributed by atoms with Gasteiger partial charge in [-0.15, -0.1) is 22.7 Å². The molecule has 2 aliphatic rings. The van der Waals surface area contributed by atoms with Crippen LogP contribution < -0.4 is 10.6 Å². The Morgan fingerprint density at radius 1 is 1.19 bits per heavy atom. The molecule has 1 saturated carbocycles. The third-order valence-electron chi connectivity index (χ3n) is 5.14. The minimum Gasteiger partial charge on any atom is -0.351 e. The maximum absolute atomic E-state index is 12.4. The highest BCUT2D eigenvalue weighted by molar-refractivity contribution is 7.18. The molecule has 2 aromatic rings. The number of carbonyl (C=O) groups is 2. The molecule has 1 aliphatic carbocycles. The van der Waals surface area contributed by atoms with Crippen LogP contribution in [0.1, 0.15) is 40.2 Å². The third kappa shape index (κ3) is 5.18. The minimum atomic E-state index is -0.0395. The number of likely N-dealkylation sites (tertiary alicyclic amines) is 1. The molecule has 2 aromatic heterocycles. The van der Waals surface area contributed by atoms with Gasteiger partial charge in [-0.25, -0.2) is 0 Å². The van der Waals surface area contributed by atoms with Crippen LogP contribution in [-0.2, 0) is 11.3 Å². The number of hydrogen-bond acceptors (Lipinski definition) is 5. The second kappa shape index (κ2) is 8.54. The molecule has 27 heavy (non-hydrogen) atoms. The lowest BCUT2D eigenvalue weighted by Crippen LogP contribution is -2.40. The van der Waals surface area contributed by atoms with Gasteiger partial charge < -0.3 is 10.6 Å². The van der Waals surface area contributed by atoms with E-state index in [1.54, 1.807) is 17.4 Å². The van der Waals surface area contributed by atoms with Crippen LogP contribution in [-0.4, -0.2) is 36.3 Å². The first-order valence-corrected chi connectivity index (χ1v) is 11.3. The Labute approximate surface area is 167 Å². The predicted molar refractivity (Wildman–Crippen MR) is 110 cm³/mol. The van der Waals surface area contributed by atoms with Crippen molar-refractivity contribution in [1.29, 1.82) is 0 Å². The fraction of sp³-hybridized carbons (Fsp3) is 0.500. The Morgan fingerprint density at radius 3 is 2.85 bits per heavy atom. The van der Waals surface area contributed by atoms with Crippen LogP contribution in [0.4, 0.5) is 5.00 Å². The van der Waals surface area contributed by atoms with Gasteiger partial charge in [-0.3, -0.25) is 14.5 Å². The summed E-state index contributed by atoms with van der Waals surface area (Å²) in [7, 11) is 0. The summed E-state index contributed by atoms with van der Waals surface area (Å²) in [6, 6.07) is 7.91. The van der Waals surface area contributed by atoms with E-state index in [2.05, 4.69) is 33.0 Å². The molecule has 1 aliphatic heterocycles. The molecule has 0 bridgehead atoms. The van der Waals surface area contributed by atoms with E-state index in [4.69, 9.17) is 0 Å². The van der Waals surface area contributed by atoms with Crippen molar-refractivity contribution in [2.45, 2.75) is 32.2 Å². The van der Waals surface area contributed by atoms with E-state index in [9.17, 15) is 9.59 Å². The first-order valence-electron chi connectivity index (χ1n) is 9.61. The van der Waals surface area contributed by atoms with E-state index in [1.165, 1.54) is 22.6 Å². The second-order valence-electron chi connectivity index (χ2n) is 7.46. The monoisotopic (exact) mass is 403 g/mol. The van der Waals surface area contributed by atoms with Crippen LogP contribution in [0.5, 0.6) is 0 Å². The molecule has 1 unspecified atom stereocenters. The number of nitrogens with one attached hydrogen (secondary N) is 2. The second-order valence-corrected chi connectivity index (χ2v) is 9.58. The Morgan fingerprint density at radius 2 is 2.07 bits per heavy atom. The Balaban J connectivity index is 1.23. The van der Waals surface area contributed by atoms with Gasteiger partial charge >= 0.3 is 0 Å². The van der Waals surface area contributed by atoms with E-state index in [1.807, 2.05) is 6.07 Å². The molecule has 0 spiro atoms. The lowest BCUT2D eigenvalue weighted by atomic mass is 9.98. The number of nitrogens with zero attached hydrogens (tertiary/aromatic N) is 1. The van der Waals surface area contributed by atoms with Gasteiger partial charge in [0.15, 0.2) is 0 Å². The largest absolute Gasteiger partial charge is 0.351 e. The number of anilines is 1. The highest BCUT2D eigenvalue weighted by Gasteiger charge is 2.30. The number of thiophene rings is 2. The highest BCUT2D eigenvalue weighted by atomic mass is 32.1. The molecule has 3 heterocycles. The van der Waals surface area contributed by atoms with E-state index < -0.39 is 0 Å². The maximum atomic E-state index is 12.4. The molecule has 1 saturated heterocycles. The maximum Gasteiger partial charge on any atom is 0.261 e. The van der Waals surface area contributed by atoms with E-state index in [0.29, 0.717) is 17.3 Å². The van der Waals surface area contributed by atoms with Gasteiger partial charge in [0.05, 0.1) is 9.88 Å². The van der Waals surface area contributed by atoms with Gasteiger partial charge in [0.2, 0.25) is 5.91 Å². The summed E-state index contributed by atoms with van der Waals surface area (Å²) in [6.07, 6.45) is 4.31. The summed E-state index contributed by atoms with van der Waals surface area (Å²) in [4.78, 5) is 28.8. The molecule has 0 radical (unpaired) electrons. The Kier molecular flexibility index (Phi) is 5.90. The number of rotatable bonds is 7. The summed E-state index contributed by atoms with van der Waals surface area (Å²) >= 11 is 3.16. The number of amides is 2. The fourth-order valence-electron chi connectivity index (χ4n) is 3.50. The van der Waals surface area contributed by atoms with Gasteiger partial charge in [-0.05, 0) is 61.7 Å². The SMILES string of the molecule is O=C(NCC1CCCN(Cc2cccs2)C1)c1ccc(NC(=O)C2CC2)s1. The lowest BCUT2D eigenvalue weighted by Gasteiger charge is -2.32. The molecule has 2 fully saturated rings. The molecule has 2 N–H and O–H groups in total. The Hall–Kier alpha value is -1.70. The lowest BCUT2D eigenvalue weighted by molar-refractivity contribution is -0.117. The zero-order valence-electron chi connectivity index (χ0n) is 15.3. The van der Waals surface area contributed by atoms with Gasteiger partial charge in [0.1, 0.15) is 0 Å². The molecule has 7 heteroatoms.